The lowest BCUT2D eigenvalue weighted by Gasteiger charge is -2.28. The minimum Gasteiger partial charge on any atom is -0.359 e. The summed E-state index contributed by atoms with van der Waals surface area (Å²) in [6.45, 7) is 7.07. The van der Waals surface area contributed by atoms with E-state index in [2.05, 4.69) is 29.5 Å². The second kappa shape index (κ2) is 5.82. The van der Waals surface area contributed by atoms with Gasteiger partial charge in [-0.2, -0.15) is 0 Å². The fourth-order valence-electron chi connectivity index (χ4n) is 2.11. The number of nitrogens with zero attached hydrogens (tertiary/aromatic N) is 2. The molecule has 0 radical (unpaired) electrons. The van der Waals surface area contributed by atoms with Crippen molar-refractivity contribution in [1.82, 2.24) is 15.6 Å². The zero-order chi connectivity index (χ0) is 13.0. The first-order valence-corrected chi connectivity index (χ1v) is 6.41. The first-order valence-electron chi connectivity index (χ1n) is 6.41. The van der Waals surface area contributed by atoms with Crippen molar-refractivity contribution in [3.8, 4) is 0 Å². The van der Waals surface area contributed by atoms with Crippen LogP contribution in [0.1, 0.15) is 25.6 Å². The summed E-state index contributed by atoms with van der Waals surface area (Å²) in [7, 11) is 0. The molecule has 2 N–H and O–H groups in total. The normalized spacial score (nSPS) is 17.4. The van der Waals surface area contributed by atoms with Gasteiger partial charge in [0.15, 0.2) is 0 Å². The SMILES string of the molecule is CCNC(C)c1ccc(N2CCNC(=O)C2)cn1. The molecule has 18 heavy (non-hydrogen) atoms. The average Bonchev–Trinajstić information content (AvgIpc) is 2.39. The van der Waals surface area contributed by atoms with Gasteiger partial charge in [-0.25, -0.2) is 0 Å². The quantitative estimate of drug-likeness (QED) is 0.823. The Kier molecular flexibility index (Phi) is 4.15. The van der Waals surface area contributed by atoms with E-state index in [0.717, 1.165) is 24.5 Å². The maximum absolute atomic E-state index is 11.3. The van der Waals surface area contributed by atoms with Gasteiger partial charge in [0.1, 0.15) is 0 Å². The number of pyridine rings is 1. The van der Waals surface area contributed by atoms with Crippen molar-refractivity contribution in [2.45, 2.75) is 19.9 Å². The summed E-state index contributed by atoms with van der Waals surface area (Å²) < 4.78 is 0. The van der Waals surface area contributed by atoms with Crippen LogP contribution in [-0.4, -0.2) is 37.1 Å². The third-order valence-corrected chi connectivity index (χ3v) is 3.13. The summed E-state index contributed by atoms with van der Waals surface area (Å²) in [5, 5.41) is 6.14. The van der Waals surface area contributed by atoms with Crippen LogP contribution in [0.2, 0.25) is 0 Å². The molecule has 1 atom stereocenters. The lowest BCUT2D eigenvalue weighted by Crippen LogP contribution is -2.47. The summed E-state index contributed by atoms with van der Waals surface area (Å²) >= 11 is 0. The molecule has 2 rings (SSSR count). The maximum atomic E-state index is 11.3. The second-order valence-corrected chi connectivity index (χ2v) is 4.49. The summed E-state index contributed by atoms with van der Waals surface area (Å²) in [5.41, 5.74) is 2.04. The van der Waals surface area contributed by atoms with E-state index in [9.17, 15) is 4.79 Å². The Balaban J connectivity index is 2.04. The zero-order valence-electron chi connectivity index (χ0n) is 10.9. The maximum Gasteiger partial charge on any atom is 0.239 e. The molecule has 1 saturated heterocycles. The largest absolute Gasteiger partial charge is 0.359 e. The molecule has 2 heterocycles. The first-order chi connectivity index (χ1) is 8.70. The number of carbonyl (C=O) groups excluding carboxylic acids is 1. The standard InChI is InChI=1S/C13H20N4O/c1-3-14-10(2)12-5-4-11(8-16-12)17-7-6-15-13(18)9-17/h4-5,8,10,14H,3,6-7,9H2,1-2H3,(H,15,18). The summed E-state index contributed by atoms with van der Waals surface area (Å²) in [6, 6.07) is 4.32. The van der Waals surface area contributed by atoms with Crippen molar-refractivity contribution >= 4 is 11.6 Å². The van der Waals surface area contributed by atoms with E-state index < -0.39 is 0 Å². The molecule has 0 saturated carbocycles. The number of amides is 1. The molecule has 1 fully saturated rings. The summed E-state index contributed by atoms with van der Waals surface area (Å²) in [5.74, 6) is 0.0753. The van der Waals surface area contributed by atoms with Crippen LogP contribution in [-0.2, 0) is 4.79 Å². The van der Waals surface area contributed by atoms with Crippen LogP contribution in [0.15, 0.2) is 18.3 Å². The Morgan fingerprint density at radius 3 is 3.00 bits per heavy atom. The Morgan fingerprint density at radius 2 is 2.39 bits per heavy atom. The molecule has 1 aliphatic rings. The highest BCUT2D eigenvalue weighted by Crippen LogP contribution is 2.16. The molecule has 98 valence electrons. The highest BCUT2D eigenvalue weighted by atomic mass is 16.2. The fraction of sp³-hybridized carbons (Fsp3) is 0.538. The van der Waals surface area contributed by atoms with Gasteiger partial charge in [-0.1, -0.05) is 6.92 Å². The van der Waals surface area contributed by atoms with Gasteiger partial charge >= 0.3 is 0 Å². The van der Waals surface area contributed by atoms with E-state index in [-0.39, 0.29) is 11.9 Å². The van der Waals surface area contributed by atoms with E-state index in [1.807, 2.05) is 23.2 Å². The van der Waals surface area contributed by atoms with Crippen molar-refractivity contribution in [3.05, 3.63) is 24.0 Å². The number of rotatable bonds is 4. The molecule has 5 nitrogen and oxygen atoms in total. The second-order valence-electron chi connectivity index (χ2n) is 4.49. The van der Waals surface area contributed by atoms with Gasteiger partial charge in [0.05, 0.1) is 24.1 Å². The molecule has 1 aliphatic heterocycles. The summed E-state index contributed by atoms with van der Waals surface area (Å²) in [6.07, 6.45) is 1.85. The van der Waals surface area contributed by atoms with Crippen molar-refractivity contribution in [1.29, 1.82) is 0 Å². The molecule has 1 amide bonds. The third-order valence-electron chi connectivity index (χ3n) is 3.13. The molecule has 0 bridgehead atoms. The van der Waals surface area contributed by atoms with Crippen LogP contribution in [0.5, 0.6) is 0 Å². The van der Waals surface area contributed by atoms with E-state index in [4.69, 9.17) is 0 Å². The van der Waals surface area contributed by atoms with Gasteiger partial charge < -0.3 is 15.5 Å². The molecule has 0 aromatic carbocycles. The molecular formula is C13H20N4O. The van der Waals surface area contributed by atoms with E-state index in [1.165, 1.54) is 0 Å². The lowest BCUT2D eigenvalue weighted by atomic mass is 10.2. The topological polar surface area (TPSA) is 57.3 Å². The van der Waals surface area contributed by atoms with Crippen LogP contribution in [0.3, 0.4) is 0 Å². The smallest absolute Gasteiger partial charge is 0.239 e. The van der Waals surface area contributed by atoms with Gasteiger partial charge in [-0.15, -0.1) is 0 Å². The minimum absolute atomic E-state index is 0.0753. The number of anilines is 1. The average molecular weight is 248 g/mol. The number of aromatic nitrogens is 1. The summed E-state index contributed by atoms with van der Waals surface area (Å²) in [4.78, 5) is 17.8. The first kappa shape index (κ1) is 12.8. The number of hydrogen-bond acceptors (Lipinski definition) is 4. The van der Waals surface area contributed by atoms with E-state index in [0.29, 0.717) is 13.1 Å². The molecule has 5 heteroatoms. The highest BCUT2D eigenvalue weighted by Gasteiger charge is 2.16. The zero-order valence-corrected chi connectivity index (χ0v) is 10.9. The van der Waals surface area contributed by atoms with Crippen molar-refractivity contribution in [2.24, 2.45) is 0 Å². The third kappa shape index (κ3) is 2.98. The van der Waals surface area contributed by atoms with Gasteiger partial charge in [-0.05, 0) is 25.6 Å². The van der Waals surface area contributed by atoms with Crippen molar-refractivity contribution < 1.29 is 4.79 Å². The molecule has 0 aliphatic carbocycles. The van der Waals surface area contributed by atoms with Gasteiger partial charge in [0, 0.05) is 19.1 Å². The van der Waals surface area contributed by atoms with Crippen LogP contribution < -0.4 is 15.5 Å². The molecule has 0 spiro atoms. The minimum atomic E-state index is 0.0753. The van der Waals surface area contributed by atoms with Crippen molar-refractivity contribution in [2.75, 3.05) is 31.1 Å². The molecule has 1 aromatic rings. The molecule has 1 aromatic heterocycles. The predicted octanol–water partition coefficient (Wildman–Crippen LogP) is 0.688. The van der Waals surface area contributed by atoms with E-state index in [1.54, 1.807) is 0 Å². The lowest BCUT2D eigenvalue weighted by molar-refractivity contribution is -0.120. The Bertz CT molecular complexity index is 404. The van der Waals surface area contributed by atoms with Gasteiger partial charge in [-0.3, -0.25) is 9.78 Å². The van der Waals surface area contributed by atoms with Gasteiger partial charge in [0.2, 0.25) is 5.91 Å². The fourth-order valence-corrected chi connectivity index (χ4v) is 2.11. The molecular weight excluding hydrogens is 228 g/mol. The Morgan fingerprint density at radius 1 is 1.56 bits per heavy atom. The number of nitrogens with one attached hydrogen (secondary N) is 2. The number of carbonyl (C=O) groups is 1. The van der Waals surface area contributed by atoms with Crippen LogP contribution in [0.4, 0.5) is 5.69 Å². The number of hydrogen-bond donors (Lipinski definition) is 2. The van der Waals surface area contributed by atoms with Crippen LogP contribution in [0.25, 0.3) is 0 Å². The molecule has 1 unspecified atom stereocenters. The highest BCUT2D eigenvalue weighted by molar-refractivity contribution is 5.82. The van der Waals surface area contributed by atoms with Crippen LogP contribution >= 0.6 is 0 Å². The van der Waals surface area contributed by atoms with Crippen LogP contribution in [0, 0.1) is 0 Å². The van der Waals surface area contributed by atoms with E-state index >= 15 is 0 Å². The monoisotopic (exact) mass is 248 g/mol. The predicted molar refractivity (Wildman–Crippen MR) is 71.6 cm³/mol. The Hall–Kier alpha value is -1.62. The Labute approximate surface area is 108 Å². The van der Waals surface area contributed by atoms with Crippen molar-refractivity contribution in [3.63, 3.8) is 0 Å². The van der Waals surface area contributed by atoms with Gasteiger partial charge in [0.25, 0.3) is 0 Å². The number of piperazine rings is 1.